The van der Waals surface area contributed by atoms with Gasteiger partial charge < -0.3 is 10.1 Å². The first-order valence-corrected chi connectivity index (χ1v) is 15.2. The van der Waals surface area contributed by atoms with E-state index in [-0.39, 0.29) is 12.0 Å². The summed E-state index contributed by atoms with van der Waals surface area (Å²) in [5.74, 6) is 3.56. The van der Waals surface area contributed by atoms with Crippen molar-refractivity contribution in [2.45, 2.75) is 42.7 Å². The number of benzene rings is 3. The molecule has 0 bridgehead atoms. The fraction of sp³-hybridized carbons (Fsp3) is 0.310. The fourth-order valence-electron chi connectivity index (χ4n) is 5.43. The molecule has 2 heterocycles. The summed E-state index contributed by atoms with van der Waals surface area (Å²) in [5, 5.41) is 3.71. The van der Waals surface area contributed by atoms with Gasteiger partial charge in [0.15, 0.2) is 0 Å². The molecule has 0 amide bonds. The molecule has 0 radical (unpaired) electrons. The molecule has 1 aliphatic carbocycles. The van der Waals surface area contributed by atoms with E-state index in [2.05, 4.69) is 46.5 Å². The molecule has 36 heavy (non-hydrogen) atoms. The van der Waals surface area contributed by atoms with Gasteiger partial charge in [-0.05, 0) is 71.8 Å². The van der Waals surface area contributed by atoms with E-state index in [1.165, 1.54) is 5.56 Å². The number of fused-ring (bicyclic) bond motifs is 3. The third-order valence-corrected chi connectivity index (χ3v) is 10.0. The molecule has 186 valence electrons. The lowest BCUT2D eigenvalue weighted by Crippen LogP contribution is -2.31. The standard InChI is InChI=1S/C29H30N2O3S2/c1-2-19-6-3-4-9-27(19)31-36(32,33)23-14-15-28-26(16-23)24-7-5-8-25(24)29(30-28)20-10-12-21(13-11-20)34-22-17-35-18-22/h3-7,9-16,22,24-25,29-31H,2,8,17-18H2,1H3/t24-,25+,29+/m0/s1. The minimum atomic E-state index is -3.70. The highest BCUT2D eigenvalue weighted by molar-refractivity contribution is 8.00. The van der Waals surface area contributed by atoms with Crippen LogP contribution in [-0.4, -0.2) is 26.0 Å². The van der Waals surface area contributed by atoms with Gasteiger partial charge in [-0.15, -0.1) is 0 Å². The summed E-state index contributed by atoms with van der Waals surface area (Å²) in [4.78, 5) is 0.294. The zero-order valence-corrected chi connectivity index (χ0v) is 21.8. The maximum atomic E-state index is 13.3. The highest BCUT2D eigenvalue weighted by atomic mass is 32.2. The lowest BCUT2D eigenvalue weighted by molar-refractivity contribution is 0.240. The van der Waals surface area contributed by atoms with Gasteiger partial charge in [-0.1, -0.05) is 49.4 Å². The second-order valence-corrected chi connectivity index (χ2v) is 12.4. The molecule has 0 saturated carbocycles. The Morgan fingerprint density at radius 2 is 1.86 bits per heavy atom. The summed E-state index contributed by atoms with van der Waals surface area (Å²) in [6, 6.07) is 21.6. The van der Waals surface area contributed by atoms with E-state index in [4.69, 9.17) is 4.74 Å². The Balaban J connectivity index is 1.26. The summed E-state index contributed by atoms with van der Waals surface area (Å²) in [6.45, 7) is 2.02. The Kier molecular flexibility index (Phi) is 6.21. The number of thioether (sulfide) groups is 1. The molecular weight excluding hydrogens is 488 g/mol. The number of allylic oxidation sites excluding steroid dienone is 2. The van der Waals surface area contributed by atoms with Crippen LogP contribution in [0.3, 0.4) is 0 Å². The average Bonchev–Trinajstić information content (AvgIpc) is 3.36. The molecule has 0 spiro atoms. The van der Waals surface area contributed by atoms with Crippen molar-refractivity contribution in [1.29, 1.82) is 0 Å². The van der Waals surface area contributed by atoms with Crippen LogP contribution in [0, 0.1) is 5.92 Å². The molecule has 3 aliphatic rings. The fourth-order valence-corrected chi connectivity index (χ4v) is 7.13. The van der Waals surface area contributed by atoms with Gasteiger partial charge in [-0.2, -0.15) is 11.8 Å². The van der Waals surface area contributed by atoms with Gasteiger partial charge in [0.25, 0.3) is 10.0 Å². The number of sulfonamides is 1. The van der Waals surface area contributed by atoms with Crippen LogP contribution < -0.4 is 14.8 Å². The molecule has 0 aromatic heterocycles. The highest BCUT2D eigenvalue weighted by Gasteiger charge is 2.38. The number of anilines is 2. The molecule has 0 unspecified atom stereocenters. The Bertz CT molecular complexity index is 1400. The van der Waals surface area contributed by atoms with Crippen molar-refractivity contribution in [3.8, 4) is 5.75 Å². The monoisotopic (exact) mass is 518 g/mol. The predicted molar refractivity (Wildman–Crippen MR) is 148 cm³/mol. The number of hydrogen-bond acceptors (Lipinski definition) is 5. The Hall–Kier alpha value is -2.90. The summed E-state index contributed by atoms with van der Waals surface area (Å²) in [5.41, 5.74) is 4.87. The van der Waals surface area contributed by atoms with Crippen LogP contribution in [0.15, 0.2) is 83.8 Å². The molecular formula is C29H30N2O3S2. The first-order valence-electron chi connectivity index (χ1n) is 12.5. The highest BCUT2D eigenvalue weighted by Crippen LogP contribution is 2.50. The van der Waals surface area contributed by atoms with Gasteiger partial charge in [0.05, 0.1) is 16.6 Å². The quantitative estimate of drug-likeness (QED) is 0.356. The molecule has 3 aromatic rings. The van der Waals surface area contributed by atoms with Crippen LogP contribution in [-0.2, 0) is 16.4 Å². The van der Waals surface area contributed by atoms with Crippen molar-refractivity contribution < 1.29 is 13.2 Å². The zero-order chi connectivity index (χ0) is 24.7. The number of hydrogen-bond donors (Lipinski definition) is 2. The number of nitrogens with one attached hydrogen (secondary N) is 2. The van der Waals surface area contributed by atoms with Gasteiger partial charge in [0.1, 0.15) is 11.9 Å². The van der Waals surface area contributed by atoms with E-state index in [0.29, 0.717) is 22.6 Å². The number of para-hydroxylation sites is 1. The van der Waals surface area contributed by atoms with Gasteiger partial charge in [0.2, 0.25) is 0 Å². The average molecular weight is 519 g/mol. The van der Waals surface area contributed by atoms with E-state index < -0.39 is 10.0 Å². The maximum Gasteiger partial charge on any atom is 0.261 e. The van der Waals surface area contributed by atoms with Crippen molar-refractivity contribution in [2.75, 3.05) is 21.5 Å². The SMILES string of the molecule is CCc1ccccc1NS(=O)(=O)c1ccc2c(c1)[C@H]1C=CC[C@H]1[C@@H](c1ccc(OC3CSC3)cc1)N2. The summed E-state index contributed by atoms with van der Waals surface area (Å²) in [7, 11) is -3.70. The van der Waals surface area contributed by atoms with Gasteiger partial charge in [-0.25, -0.2) is 8.42 Å². The van der Waals surface area contributed by atoms with Crippen molar-refractivity contribution >= 4 is 33.2 Å². The van der Waals surface area contributed by atoms with Crippen LogP contribution in [0.4, 0.5) is 11.4 Å². The topological polar surface area (TPSA) is 67.4 Å². The smallest absolute Gasteiger partial charge is 0.261 e. The molecule has 2 N–H and O–H groups in total. The second kappa shape index (κ2) is 9.52. The Labute approximate surface area is 217 Å². The van der Waals surface area contributed by atoms with Gasteiger partial charge in [0, 0.05) is 23.1 Å². The largest absolute Gasteiger partial charge is 0.489 e. The zero-order valence-electron chi connectivity index (χ0n) is 20.2. The van der Waals surface area contributed by atoms with Crippen LogP contribution >= 0.6 is 11.8 Å². The summed E-state index contributed by atoms with van der Waals surface area (Å²) >= 11 is 1.91. The van der Waals surface area contributed by atoms with Crippen LogP contribution in [0.25, 0.3) is 0 Å². The van der Waals surface area contributed by atoms with Crippen molar-refractivity contribution in [1.82, 2.24) is 0 Å². The number of rotatable bonds is 7. The van der Waals surface area contributed by atoms with Gasteiger partial charge >= 0.3 is 0 Å². The van der Waals surface area contributed by atoms with Crippen molar-refractivity contribution in [3.63, 3.8) is 0 Å². The molecule has 3 aromatic carbocycles. The lowest BCUT2D eigenvalue weighted by Gasteiger charge is -2.38. The molecule has 6 rings (SSSR count). The van der Waals surface area contributed by atoms with E-state index in [1.54, 1.807) is 6.07 Å². The molecule has 1 saturated heterocycles. The number of aryl methyl sites for hydroxylation is 1. The van der Waals surface area contributed by atoms with Crippen LogP contribution in [0.5, 0.6) is 5.75 Å². The van der Waals surface area contributed by atoms with Crippen molar-refractivity contribution in [2.24, 2.45) is 5.92 Å². The first kappa shape index (κ1) is 23.5. The second-order valence-electron chi connectivity index (χ2n) is 9.69. The van der Waals surface area contributed by atoms with Crippen molar-refractivity contribution in [3.05, 3.63) is 95.6 Å². The van der Waals surface area contributed by atoms with E-state index in [9.17, 15) is 8.42 Å². The summed E-state index contributed by atoms with van der Waals surface area (Å²) in [6.07, 6.45) is 6.51. The number of ether oxygens (including phenoxy) is 1. The predicted octanol–water partition coefficient (Wildman–Crippen LogP) is 6.37. The van der Waals surface area contributed by atoms with E-state index >= 15 is 0 Å². The molecule has 3 atom stereocenters. The third kappa shape index (κ3) is 4.39. The van der Waals surface area contributed by atoms with E-state index in [0.717, 1.165) is 46.9 Å². The van der Waals surface area contributed by atoms with Crippen LogP contribution in [0.1, 0.15) is 42.0 Å². The first-order chi connectivity index (χ1) is 17.5. The minimum absolute atomic E-state index is 0.155. The molecule has 1 fully saturated rings. The normalized spacial score (nSPS) is 22.8. The summed E-state index contributed by atoms with van der Waals surface area (Å²) < 4.78 is 35.4. The Morgan fingerprint density at radius 3 is 2.61 bits per heavy atom. The molecule has 2 aliphatic heterocycles. The van der Waals surface area contributed by atoms with E-state index in [1.807, 2.05) is 55.1 Å². The lowest BCUT2D eigenvalue weighted by atomic mass is 9.77. The molecule has 5 nitrogen and oxygen atoms in total. The third-order valence-electron chi connectivity index (χ3n) is 7.44. The van der Waals surface area contributed by atoms with Crippen LogP contribution in [0.2, 0.25) is 0 Å². The maximum absolute atomic E-state index is 13.3. The Morgan fingerprint density at radius 1 is 1.06 bits per heavy atom. The molecule has 7 heteroatoms. The van der Waals surface area contributed by atoms with Gasteiger partial charge in [-0.3, -0.25) is 4.72 Å². The minimum Gasteiger partial charge on any atom is -0.489 e.